The van der Waals surface area contributed by atoms with E-state index in [0.29, 0.717) is 11.6 Å². The third kappa shape index (κ3) is 2.74. The quantitative estimate of drug-likeness (QED) is 0.816. The van der Waals surface area contributed by atoms with Gasteiger partial charge in [0.05, 0.1) is 0 Å². The molecule has 1 amide bonds. The van der Waals surface area contributed by atoms with Crippen LogP contribution >= 0.6 is 0 Å². The number of ether oxygens (including phenoxy) is 1. The second-order valence-electron chi connectivity index (χ2n) is 4.87. The molecule has 1 aliphatic heterocycles. The molecule has 0 unspecified atom stereocenters. The zero-order valence-corrected chi connectivity index (χ0v) is 12.0. The van der Waals surface area contributed by atoms with Crippen molar-refractivity contribution in [2.45, 2.75) is 0 Å². The van der Waals surface area contributed by atoms with E-state index in [0.717, 1.165) is 11.3 Å². The number of amidine groups is 1. The lowest BCUT2D eigenvalue weighted by Crippen LogP contribution is -2.43. The van der Waals surface area contributed by atoms with Crippen LogP contribution in [0, 0.1) is 0 Å². The van der Waals surface area contributed by atoms with Crippen LogP contribution in [0.1, 0.15) is 5.56 Å². The Balaban J connectivity index is 1.80. The van der Waals surface area contributed by atoms with Crippen molar-refractivity contribution in [2.24, 2.45) is 4.99 Å². The predicted molar refractivity (Wildman–Crippen MR) is 82.1 cm³/mol. The number of hydrogen-bond donors (Lipinski definition) is 0. The summed E-state index contributed by atoms with van der Waals surface area (Å²) in [6.07, 6.45) is 0. The first-order valence-corrected chi connectivity index (χ1v) is 6.84. The Labute approximate surface area is 127 Å². The Hall–Kier alpha value is -2.95. The van der Waals surface area contributed by atoms with Crippen molar-refractivity contribution in [2.75, 3.05) is 13.6 Å². The van der Waals surface area contributed by atoms with Gasteiger partial charge in [0, 0.05) is 12.6 Å². The van der Waals surface area contributed by atoms with Gasteiger partial charge in [-0.25, -0.2) is 0 Å². The number of benzene rings is 2. The van der Waals surface area contributed by atoms with Crippen molar-refractivity contribution in [1.29, 1.82) is 0 Å². The molecule has 0 atom stereocenters. The summed E-state index contributed by atoms with van der Waals surface area (Å²) in [6, 6.07) is 16.7. The molecule has 2 aromatic rings. The molecule has 0 radical (unpaired) electrons. The van der Waals surface area contributed by atoms with E-state index in [1.54, 1.807) is 19.2 Å². The first-order valence-electron chi connectivity index (χ1n) is 6.84. The lowest BCUT2D eigenvalue weighted by Gasteiger charge is -2.22. The van der Waals surface area contributed by atoms with Crippen molar-refractivity contribution in [1.82, 2.24) is 4.90 Å². The SMILES string of the molecule is CN1C(=O)C(=O)CN=C1c1ccc(Oc2ccccc2)cc1. The number of para-hydroxylation sites is 1. The van der Waals surface area contributed by atoms with E-state index in [1.165, 1.54) is 4.90 Å². The molecule has 0 aliphatic carbocycles. The van der Waals surface area contributed by atoms with Gasteiger partial charge >= 0.3 is 0 Å². The average Bonchev–Trinajstić information content (AvgIpc) is 2.55. The van der Waals surface area contributed by atoms with Crippen molar-refractivity contribution in [3.63, 3.8) is 0 Å². The number of hydrogen-bond acceptors (Lipinski definition) is 4. The molecule has 2 aromatic carbocycles. The van der Waals surface area contributed by atoms with Gasteiger partial charge in [0.2, 0.25) is 5.78 Å². The van der Waals surface area contributed by atoms with E-state index in [2.05, 4.69) is 4.99 Å². The normalized spacial score (nSPS) is 14.8. The third-order valence-electron chi connectivity index (χ3n) is 3.32. The molecule has 1 heterocycles. The summed E-state index contributed by atoms with van der Waals surface area (Å²) < 4.78 is 5.71. The molecule has 0 saturated carbocycles. The predicted octanol–water partition coefficient (Wildman–Crippen LogP) is 2.27. The molecule has 0 spiro atoms. The molecule has 0 saturated heterocycles. The van der Waals surface area contributed by atoms with Crippen LogP contribution in [0.5, 0.6) is 11.5 Å². The van der Waals surface area contributed by atoms with Crippen LogP contribution in [0.15, 0.2) is 59.6 Å². The van der Waals surface area contributed by atoms with E-state index in [-0.39, 0.29) is 6.54 Å². The number of ketones is 1. The Morgan fingerprint density at radius 2 is 1.59 bits per heavy atom. The number of aliphatic imine (C=N–C) groups is 1. The Morgan fingerprint density at radius 3 is 2.27 bits per heavy atom. The molecule has 0 fully saturated rings. The van der Waals surface area contributed by atoms with Gasteiger partial charge in [-0.05, 0) is 36.4 Å². The second-order valence-corrected chi connectivity index (χ2v) is 4.87. The minimum Gasteiger partial charge on any atom is -0.457 e. The fourth-order valence-corrected chi connectivity index (χ4v) is 2.19. The molecular formula is C17H14N2O3. The minimum atomic E-state index is -0.533. The standard InChI is InChI=1S/C17H14N2O3/c1-19-16(18-11-15(20)17(19)21)12-7-9-14(10-8-12)22-13-5-3-2-4-6-13/h2-10H,11H2,1H3. The highest BCUT2D eigenvalue weighted by Gasteiger charge is 2.27. The Morgan fingerprint density at radius 1 is 0.955 bits per heavy atom. The first-order chi connectivity index (χ1) is 10.6. The summed E-state index contributed by atoms with van der Waals surface area (Å²) in [6.45, 7) is -0.0965. The molecule has 1 aliphatic rings. The van der Waals surface area contributed by atoms with Crippen molar-refractivity contribution >= 4 is 17.5 Å². The molecular weight excluding hydrogens is 280 g/mol. The molecule has 0 N–H and O–H groups in total. The van der Waals surface area contributed by atoms with Crippen LogP contribution < -0.4 is 4.74 Å². The highest BCUT2D eigenvalue weighted by atomic mass is 16.5. The van der Waals surface area contributed by atoms with Crippen LogP contribution in [0.2, 0.25) is 0 Å². The van der Waals surface area contributed by atoms with Crippen molar-refractivity contribution < 1.29 is 14.3 Å². The number of likely N-dealkylation sites (N-methyl/N-ethyl adjacent to an activating group) is 1. The van der Waals surface area contributed by atoms with Crippen molar-refractivity contribution in [3.8, 4) is 11.5 Å². The molecule has 0 aromatic heterocycles. The molecule has 110 valence electrons. The summed E-state index contributed by atoms with van der Waals surface area (Å²) in [5.41, 5.74) is 0.767. The van der Waals surface area contributed by atoms with Gasteiger partial charge in [-0.1, -0.05) is 18.2 Å². The Bertz CT molecular complexity index is 736. The van der Waals surface area contributed by atoms with Gasteiger partial charge in [0.15, 0.2) is 0 Å². The lowest BCUT2D eigenvalue weighted by molar-refractivity contribution is -0.141. The van der Waals surface area contributed by atoms with E-state index < -0.39 is 11.7 Å². The van der Waals surface area contributed by atoms with E-state index >= 15 is 0 Å². The molecule has 5 heteroatoms. The van der Waals surface area contributed by atoms with Crippen LogP contribution in [0.3, 0.4) is 0 Å². The number of Topliss-reactive ketones (excluding diaryl/α,β-unsaturated/α-hetero) is 1. The summed E-state index contributed by atoms with van der Waals surface area (Å²) in [5.74, 6) is 0.917. The molecule has 3 rings (SSSR count). The van der Waals surface area contributed by atoms with Crippen molar-refractivity contribution in [3.05, 3.63) is 60.2 Å². The van der Waals surface area contributed by atoms with E-state index in [9.17, 15) is 9.59 Å². The first kappa shape index (κ1) is 14.0. The summed E-state index contributed by atoms with van der Waals surface area (Å²) in [4.78, 5) is 28.4. The number of amides is 1. The maximum atomic E-state index is 11.7. The maximum absolute atomic E-state index is 11.7. The third-order valence-corrected chi connectivity index (χ3v) is 3.32. The fourth-order valence-electron chi connectivity index (χ4n) is 2.19. The largest absolute Gasteiger partial charge is 0.457 e. The molecule has 0 bridgehead atoms. The van der Waals surface area contributed by atoms with Gasteiger partial charge < -0.3 is 4.74 Å². The highest BCUT2D eigenvalue weighted by molar-refractivity contribution is 6.42. The molecule has 22 heavy (non-hydrogen) atoms. The monoisotopic (exact) mass is 294 g/mol. The van der Waals surface area contributed by atoms with Gasteiger partial charge in [-0.2, -0.15) is 0 Å². The van der Waals surface area contributed by atoms with Gasteiger partial charge in [0.25, 0.3) is 5.91 Å². The summed E-state index contributed by atoms with van der Waals surface area (Å²) in [7, 11) is 1.55. The highest BCUT2D eigenvalue weighted by Crippen LogP contribution is 2.22. The smallest absolute Gasteiger partial charge is 0.297 e. The summed E-state index contributed by atoms with van der Waals surface area (Å²) >= 11 is 0. The zero-order valence-electron chi connectivity index (χ0n) is 12.0. The van der Waals surface area contributed by atoms with Crippen LogP contribution in [-0.4, -0.2) is 36.0 Å². The maximum Gasteiger partial charge on any atom is 0.297 e. The average molecular weight is 294 g/mol. The summed E-state index contributed by atoms with van der Waals surface area (Å²) in [5, 5.41) is 0. The van der Waals surface area contributed by atoms with Gasteiger partial charge in [-0.15, -0.1) is 0 Å². The van der Waals surface area contributed by atoms with Gasteiger partial charge in [0.1, 0.15) is 23.9 Å². The van der Waals surface area contributed by atoms with E-state index in [1.807, 2.05) is 42.5 Å². The zero-order chi connectivity index (χ0) is 15.5. The van der Waals surface area contributed by atoms with Crippen LogP contribution in [0.4, 0.5) is 0 Å². The minimum absolute atomic E-state index is 0.0965. The Kier molecular flexibility index (Phi) is 3.70. The molecule has 5 nitrogen and oxygen atoms in total. The van der Waals surface area contributed by atoms with Gasteiger partial charge in [-0.3, -0.25) is 19.5 Å². The van der Waals surface area contributed by atoms with E-state index in [4.69, 9.17) is 4.74 Å². The van der Waals surface area contributed by atoms with Crippen LogP contribution in [-0.2, 0) is 9.59 Å². The number of carbonyl (C=O) groups excluding carboxylic acids is 2. The topological polar surface area (TPSA) is 59.0 Å². The second kappa shape index (κ2) is 5.81. The number of rotatable bonds is 3. The number of carbonyl (C=O) groups is 2. The van der Waals surface area contributed by atoms with Crippen LogP contribution in [0.25, 0.3) is 0 Å². The fraction of sp³-hybridized carbons (Fsp3) is 0.118. The lowest BCUT2D eigenvalue weighted by atomic mass is 10.1. The number of nitrogens with zero attached hydrogens (tertiary/aromatic N) is 2.